The molecule has 0 radical (unpaired) electrons. The third-order valence-electron chi connectivity index (χ3n) is 4.37. The van der Waals surface area contributed by atoms with E-state index in [1.807, 2.05) is 18.2 Å². The number of nitrogens with one attached hydrogen (secondary N) is 1. The van der Waals surface area contributed by atoms with Crippen molar-refractivity contribution in [2.24, 2.45) is 5.41 Å². The number of benzene rings is 1. The summed E-state index contributed by atoms with van der Waals surface area (Å²) in [6.45, 7) is 5.50. The summed E-state index contributed by atoms with van der Waals surface area (Å²) in [5.74, 6) is 0. The zero-order valence-corrected chi connectivity index (χ0v) is 14.0. The summed E-state index contributed by atoms with van der Waals surface area (Å²) < 4.78 is 0. The predicted molar refractivity (Wildman–Crippen MR) is 88.8 cm³/mol. The van der Waals surface area contributed by atoms with E-state index in [0.717, 1.165) is 23.0 Å². The molecule has 0 bridgehead atoms. The molecule has 1 N–H and O–H groups in total. The summed E-state index contributed by atoms with van der Waals surface area (Å²) in [7, 11) is 0. The maximum Gasteiger partial charge on any atom is 0.0439 e. The fraction of sp³-hybridized carbons (Fsp3) is 0.647. The molecule has 0 saturated heterocycles. The SMILES string of the molecule is CC(C)NCC1(Cc2cc(Cl)ccc2Cl)CCCCC1. The van der Waals surface area contributed by atoms with Gasteiger partial charge in [0.2, 0.25) is 0 Å². The van der Waals surface area contributed by atoms with Gasteiger partial charge in [-0.25, -0.2) is 0 Å². The van der Waals surface area contributed by atoms with Crippen molar-refractivity contribution in [2.45, 2.75) is 58.4 Å². The first-order valence-corrected chi connectivity index (χ1v) is 8.44. The molecular formula is C17H25Cl2N. The molecule has 0 unspecified atom stereocenters. The molecule has 0 atom stereocenters. The fourth-order valence-corrected chi connectivity index (χ4v) is 3.60. The van der Waals surface area contributed by atoms with Crippen LogP contribution in [-0.2, 0) is 6.42 Å². The molecule has 3 heteroatoms. The van der Waals surface area contributed by atoms with E-state index in [-0.39, 0.29) is 0 Å². The molecule has 1 aliphatic rings. The zero-order valence-electron chi connectivity index (χ0n) is 12.5. The molecule has 0 aliphatic heterocycles. The second-order valence-electron chi connectivity index (χ2n) is 6.51. The van der Waals surface area contributed by atoms with Crippen LogP contribution < -0.4 is 5.32 Å². The molecule has 1 aromatic rings. The Balaban J connectivity index is 2.16. The smallest absolute Gasteiger partial charge is 0.0439 e. The first-order chi connectivity index (χ1) is 9.51. The Morgan fingerprint density at radius 3 is 2.50 bits per heavy atom. The first kappa shape index (κ1) is 16.1. The lowest BCUT2D eigenvalue weighted by Gasteiger charge is -2.38. The van der Waals surface area contributed by atoms with Crippen molar-refractivity contribution < 1.29 is 0 Å². The van der Waals surface area contributed by atoms with Crippen LogP contribution in [0.25, 0.3) is 0 Å². The molecule has 2 rings (SSSR count). The molecule has 1 aromatic carbocycles. The van der Waals surface area contributed by atoms with Crippen molar-refractivity contribution in [3.63, 3.8) is 0 Å². The van der Waals surface area contributed by atoms with E-state index in [1.165, 1.54) is 37.7 Å². The van der Waals surface area contributed by atoms with Gasteiger partial charge in [0.25, 0.3) is 0 Å². The van der Waals surface area contributed by atoms with Crippen molar-refractivity contribution in [2.75, 3.05) is 6.54 Å². The molecule has 1 fully saturated rings. The van der Waals surface area contributed by atoms with Crippen LogP contribution in [0.3, 0.4) is 0 Å². The van der Waals surface area contributed by atoms with E-state index in [9.17, 15) is 0 Å². The van der Waals surface area contributed by atoms with E-state index < -0.39 is 0 Å². The average molecular weight is 314 g/mol. The number of hydrogen-bond donors (Lipinski definition) is 1. The first-order valence-electron chi connectivity index (χ1n) is 7.68. The third kappa shape index (κ3) is 4.38. The standard InChI is InChI=1S/C17H25Cl2N/c1-13(2)20-12-17(8-4-3-5-9-17)11-14-10-15(18)6-7-16(14)19/h6-7,10,13,20H,3-5,8-9,11-12H2,1-2H3. The molecule has 1 aliphatic carbocycles. The molecule has 1 saturated carbocycles. The van der Waals surface area contributed by atoms with E-state index in [4.69, 9.17) is 23.2 Å². The Hall–Kier alpha value is -0.240. The minimum Gasteiger partial charge on any atom is -0.314 e. The van der Waals surface area contributed by atoms with E-state index in [2.05, 4.69) is 19.2 Å². The monoisotopic (exact) mass is 313 g/mol. The maximum absolute atomic E-state index is 6.36. The van der Waals surface area contributed by atoms with Gasteiger partial charge in [0.05, 0.1) is 0 Å². The van der Waals surface area contributed by atoms with Crippen LogP contribution in [-0.4, -0.2) is 12.6 Å². The molecule has 0 aromatic heterocycles. The Kier molecular flexibility index (Phi) is 5.77. The molecular weight excluding hydrogens is 289 g/mol. The van der Waals surface area contributed by atoms with Gasteiger partial charge >= 0.3 is 0 Å². The normalized spacial score (nSPS) is 18.4. The number of rotatable bonds is 5. The zero-order chi connectivity index (χ0) is 14.6. The van der Waals surface area contributed by atoms with Crippen LogP contribution in [0.2, 0.25) is 10.0 Å². The highest BCUT2D eigenvalue weighted by molar-refractivity contribution is 6.33. The minimum atomic E-state index is 0.344. The van der Waals surface area contributed by atoms with Crippen LogP contribution in [0.5, 0.6) is 0 Å². The quantitative estimate of drug-likeness (QED) is 0.758. The fourth-order valence-electron chi connectivity index (χ4n) is 3.22. The molecule has 0 spiro atoms. The summed E-state index contributed by atoms with van der Waals surface area (Å²) in [5, 5.41) is 5.27. The van der Waals surface area contributed by atoms with Gasteiger partial charge in [-0.05, 0) is 48.4 Å². The highest BCUT2D eigenvalue weighted by atomic mass is 35.5. The summed E-state index contributed by atoms with van der Waals surface area (Å²) in [5.41, 5.74) is 1.54. The van der Waals surface area contributed by atoms with Gasteiger partial charge in [-0.3, -0.25) is 0 Å². The van der Waals surface area contributed by atoms with Crippen LogP contribution in [0, 0.1) is 5.41 Å². The highest BCUT2D eigenvalue weighted by Gasteiger charge is 2.32. The summed E-state index contributed by atoms with van der Waals surface area (Å²) in [6, 6.07) is 6.36. The topological polar surface area (TPSA) is 12.0 Å². The second kappa shape index (κ2) is 7.15. The summed E-state index contributed by atoms with van der Waals surface area (Å²) in [6.07, 6.45) is 7.64. The average Bonchev–Trinajstić information content (AvgIpc) is 2.42. The predicted octanol–water partition coefficient (Wildman–Crippen LogP) is 5.48. The highest BCUT2D eigenvalue weighted by Crippen LogP contribution is 2.40. The summed E-state index contributed by atoms with van der Waals surface area (Å²) in [4.78, 5) is 0. The van der Waals surface area contributed by atoms with Gasteiger partial charge in [-0.15, -0.1) is 0 Å². The van der Waals surface area contributed by atoms with Gasteiger partial charge in [-0.2, -0.15) is 0 Å². The maximum atomic E-state index is 6.36. The van der Waals surface area contributed by atoms with E-state index in [0.29, 0.717) is 11.5 Å². The Morgan fingerprint density at radius 2 is 1.85 bits per heavy atom. The minimum absolute atomic E-state index is 0.344. The number of hydrogen-bond acceptors (Lipinski definition) is 1. The molecule has 1 nitrogen and oxygen atoms in total. The molecule has 20 heavy (non-hydrogen) atoms. The lowest BCUT2D eigenvalue weighted by atomic mass is 9.70. The third-order valence-corrected chi connectivity index (χ3v) is 4.98. The summed E-state index contributed by atoms with van der Waals surface area (Å²) >= 11 is 12.5. The van der Waals surface area contributed by atoms with Crippen LogP contribution >= 0.6 is 23.2 Å². The van der Waals surface area contributed by atoms with Gasteiger partial charge in [0.1, 0.15) is 0 Å². The van der Waals surface area contributed by atoms with Crippen LogP contribution in [0.4, 0.5) is 0 Å². The molecule has 0 amide bonds. The van der Waals surface area contributed by atoms with E-state index in [1.54, 1.807) is 0 Å². The number of halogens is 2. The van der Waals surface area contributed by atoms with Crippen molar-refractivity contribution in [1.29, 1.82) is 0 Å². The Morgan fingerprint density at radius 1 is 1.15 bits per heavy atom. The van der Waals surface area contributed by atoms with Crippen LogP contribution in [0.15, 0.2) is 18.2 Å². The van der Waals surface area contributed by atoms with Gasteiger partial charge in [0, 0.05) is 22.6 Å². The lowest BCUT2D eigenvalue weighted by molar-refractivity contribution is 0.176. The van der Waals surface area contributed by atoms with Crippen molar-refractivity contribution in [3.05, 3.63) is 33.8 Å². The van der Waals surface area contributed by atoms with Crippen molar-refractivity contribution in [3.8, 4) is 0 Å². The Bertz CT molecular complexity index is 437. The second-order valence-corrected chi connectivity index (χ2v) is 7.35. The van der Waals surface area contributed by atoms with Crippen LogP contribution in [0.1, 0.15) is 51.5 Å². The van der Waals surface area contributed by atoms with Gasteiger partial charge in [0.15, 0.2) is 0 Å². The lowest BCUT2D eigenvalue weighted by Crippen LogP contribution is -2.40. The van der Waals surface area contributed by atoms with E-state index >= 15 is 0 Å². The molecule has 0 heterocycles. The van der Waals surface area contributed by atoms with Gasteiger partial charge in [-0.1, -0.05) is 56.3 Å². The Labute approximate surface area is 133 Å². The van der Waals surface area contributed by atoms with Gasteiger partial charge < -0.3 is 5.32 Å². The van der Waals surface area contributed by atoms with Crippen molar-refractivity contribution >= 4 is 23.2 Å². The largest absolute Gasteiger partial charge is 0.314 e. The molecule has 112 valence electrons. The van der Waals surface area contributed by atoms with Crippen molar-refractivity contribution in [1.82, 2.24) is 5.32 Å².